The van der Waals surface area contributed by atoms with E-state index in [4.69, 9.17) is 4.42 Å². The van der Waals surface area contributed by atoms with Crippen molar-refractivity contribution >= 4 is 0 Å². The highest BCUT2D eigenvalue weighted by Crippen LogP contribution is 2.37. The predicted molar refractivity (Wildman–Crippen MR) is 54.5 cm³/mol. The first-order valence-corrected chi connectivity index (χ1v) is 5.35. The van der Waals surface area contributed by atoms with Crippen LogP contribution >= 0.6 is 0 Å². The van der Waals surface area contributed by atoms with Crippen LogP contribution in [0.5, 0.6) is 0 Å². The topological polar surface area (TPSA) is 54.7 Å². The molecule has 0 unspecified atom stereocenters. The number of hydrogen-bond acceptors (Lipinski definition) is 3. The third kappa shape index (κ3) is 1.93. The summed E-state index contributed by atoms with van der Waals surface area (Å²) in [4.78, 5) is 4.46. The maximum atomic E-state index is 5.26. The summed E-state index contributed by atoms with van der Waals surface area (Å²) in [6.45, 7) is 0. The fourth-order valence-corrected chi connectivity index (χ4v) is 1.64. The molecule has 0 aromatic carbocycles. The predicted octanol–water partition coefficient (Wildman–Crippen LogP) is 2.06. The SMILES string of the molecule is c1coc(CCc2nc(C3CC3)n[nH]2)c1. The first-order valence-electron chi connectivity index (χ1n) is 5.35. The van der Waals surface area contributed by atoms with E-state index in [9.17, 15) is 0 Å². The zero-order valence-electron chi connectivity index (χ0n) is 8.44. The summed E-state index contributed by atoms with van der Waals surface area (Å²) in [5, 5.41) is 7.20. The molecule has 4 heteroatoms. The Morgan fingerprint density at radius 2 is 2.33 bits per heavy atom. The van der Waals surface area contributed by atoms with Gasteiger partial charge in [0.15, 0.2) is 5.82 Å². The molecule has 0 bridgehead atoms. The number of furan rings is 1. The van der Waals surface area contributed by atoms with Crippen LogP contribution in [-0.4, -0.2) is 15.2 Å². The van der Waals surface area contributed by atoms with E-state index in [0.717, 1.165) is 30.3 Å². The van der Waals surface area contributed by atoms with E-state index < -0.39 is 0 Å². The molecule has 4 nitrogen and oxygen atoms in total. The fraction of sp³-hybridized carbons (Fsp3) is 0.455. The Balaban J connectivity index is 1.61. The molecule has 1 aliphatic carbocycles. The maximum absolute atomic E-state index is 5.26. The summed E-state index contributed by atoms with van der Waals surface area (Å²) < 4.78 is 5.26. The lowest BCUT2D eigenvalue weighted by Gasteiger charge is -1.92. The number of aromatic nitrogens is 3. The molecule has 2 aromatic heterocycles. The Bertz CT molecular complexity index is 428. The van der Waals surface area contributed by atoms with Gasteiger partial charge in [-0.05, 0) is 25.0 Å². The Kier molecular flexibility index (Phi) is 2.05. The van der Waals surface area contributed by atoms with Crippen LogP contribution in [0.3, 0.4) is 0 Å². The molecular weight excluding hydrogens is 190 g/mol. The quantitative estimate of drug-likeness (QED) is 0.827. The molecule has 3 rings (SSSR count). The minimum absolute atomic E-state index is 0.624. The van der Waals surface area contributed by atoms with Gasteiger partial charge in [-0.1, -0.05) is 0 Å². The van der Waals surface area contributed by atoms with Crippen LogP contribution in [0, 0.1) is 0 Å². The number of H-pyrrole nitrogens is 1. The number of nitrogens with one attached hydrogen (secondary N) is 1. The van der Waals surface area contributed by atoms with E-state index >= 15 is 0 Å². The zero-order valence-corrected chi connectivity index (χ0v) is 8.44. The highest BCUT2D eigenvalue weighted by Gasteiger charge is 2.27. The minimum atomic E-state index is 0.624. The summed E-state index contributed by atoms with van der Waals surface area (Å²) in [6, 6.07) is 3.89. The van der Waals surface area contributed by atoms with Gasteiger partial charge in [-0.2, -0.15) is 5.10 Å². The molecule has 1 aliphatic rings. The Hall–Kier alpha value is -1.58. The molecule has 1 N–H and O–H groups in total. The average Bonchev–Trinajstić information content (AvgIpc) is 2.82. The van der Waals surface area contributed by atoms with Crippen LogP contribution in [0.2, 0.25) is 0 Å². The minimum Gasteiger partial charge on any atom is -0.469 e. The van der Waals surface area contributed by atoms with Gasteiger partial charge in [-0.3, -0.25) is 5.10 Å². The van der Waals surface area contributed by atoms with E-state index in [1.165, 1.54) is 12.8 Å². The molecule has 0 amide bonds. The number of aryl methyl sites for hydroxylation is 2. The van der Waals surface area contributed by atoms with Crippen molar-refractivity contribution in [3.05, 3.63) is 35.8 Å². The van der Waals surface area contributed by atoms with Crippen LogP contribution in [0.15, 0.2) is 22.8 Å². The van der Waals surface area contributed by atoms with E-state index in [-0.39, 0.29) is 0 Å². The lowest BCUT2D eigenvalue weighted by atomic mass is 10.2. The monoisotopic (exact) mass is 203 g/mol. The van der Waals surface area contributed by atoms with Gasteiger partial charge >= 0.3 is 0 Å². The number of aromatic amines is 1. The highest BCUT2D eigenvalue weighted by molar-refractivity contribution is 5.06. The van der Waals surface area contributed by atoms with Crippen LogP contribution in [0.4, 0.5) is 0 Å². The third-order valence-electron chi connectivity index (χ3n) is 2.68. The smallest absolute Gasteiger partial charge is 0.153 e. The summed E-state index contributed by atoms with van der Waals surface area (Å²) in [6.07, 6.45) is 5.94. The average molecular weight is 203 g/mol. The lowest BCUT2D eigenvalue weighted by molar-refractivity contribution is 0.506. The Labute approximate surface area is 87.7 Å². The zero-order chi connectivity index (χ0) is 10.1. The standard InChI is InChI=1S/C11H13N3O/c1-2-9(15-7-1)5-6-10-12-11(14-13-10)8-3-4-8/h1-2,7-8H,3-6H2,(H,12,13,14). The molecule has 0 aliphatic heterocycles. The van der Waals surface area contributed by atoms with E-state index in [2.05, 4.69) is 15.2 Å². The Morgan fingerprint density at radius 3 is 3.07 bits per heavy atom. The van der Waals surface area contributed by atoms with Crippen molar-refractivity contribution in [1.29, 1.82) is 0 Å². The van der Waals surface area contributed by atoms with Crippen molar-refractivity contribution in [2.75, 3.05) is 0 Å². The van der Waals surface area contributed by atoms with E-state index in [0.29, 0.717) is 5.92 Å². The molecule has 0 atom stereocenters. The molecule has 2 aromatic rings. The molecule has 0 radical (unpaired) electrons. The van der Waals surface area contributed by atoms with Crippen molar-refractivity contribution in [1.82, 2.24) is 15.2 Å². The van der Waals surface area contributed by atoms with Crippen molar-refractivity contribution in [3.8, 4) is 0 Å². The van der Waals surface area contributed by atoms with Gasteiger partial charge in [-0.15, -0.1) is 0 Å². The van der Waals surface area contributed by atoms with Gasteiger partial charge in [0.25, 0.3) is 0 Å². The van der Waals surface area contributed by atoms with Crippen LogP contribution < -0.4 is 0 Å². The summed E-state index contributed by atoms with van der Waals surface area (Å²) in [7, 11) is 0. The number of rotatable bonds is 4. The van der Waals surface area contributed by atoms with Gasteiger partial charge < -0.3 is 4.42 Å². The molecule has 1 fully saturated rings. The van der Waals surface area contributed by atoms with Crippen molar-refractivity contribution in [2.24, 2.45) is 0 Å². The van der Waals surface area contributed by atoms with Gasteiger partial charge in [-0.25, -0.2) is 4.98 Å². The second-order valence-electron chi connectivity index (χ2n) is 3.99. The lowest BCUT2D eigenvalue weighted by Crippen LogP contribution is -1.92. The van der Waals surface area contributed by atoms with E-state index in [1.807, 2.05) is 12.1 Å². The van der Waals surface area contributed by atoms with Crippen LogP contribution in [0.25, 0.3) is 0 Å². The van der Waals surface area contributed by atoms with Crippen molar-refractivity contribution in [3.63, 3.8) is 0 Å². The molecule has 0 spiro atoms. The molecule has 15 heavy (non-hydrogen) atoms. The maximum Gasteiger partial charge on any atom is 0.153 e. The van der Waals surface area contributed by atoms with Crippen molar-refractivity contribution in [2.45, 2.75) is 31.6 Å². The number of hydrogen-bond donors (Lipinski definition) is 1. The van der Waals surface area contributed by atoms with Gasteiger partial charge in [0, 0.05) is 18.8 Å². The second kappa shape index (κ2) is 3.53. The highest BCUT2D eigenvalue weighted by atomic mass is 16.3. The normalized spacial score (nSPS) is 15.7. The fourth-order valence-electron chi connectivity index (χ4n) is 1.64. The molecule has 1 saturated carbocycles. The Morgan fingerprint density at radius 1 is 1.40 bits per heavy atom. The molecule has 0 saturated heterocycles. The summed E-state index contributed by atoms with van der Waals surface area (Å²) in [5.74, 6) is 3.58. The third-order valence-corrected chi connectivity index (χ3v) is 2.68. The van der Waals surface area contributed by atoms with E-state index in [1.54, 1.807) is 6.26 Å². The van der Waals surface area contributed by atoms with Crippen LogP contribution in [-0.2, 0) is 12.8 Å². The van der Waals surface area contributed by atoms with Gasteiger partial charge in [0.2, 0.25) is 0 Å². The molecule has 2 heterocycles. The van der Waals surface area contributed by atoms with Gasteiger partial charge in [0.05, 0.1) is 6.26 Å². The molecular formula is C11H13N3O. The van der Waals surface area contributed by atoms with Gasteiger partial charge in [0.1, 0.15) is 11.6 Å². The molecule has 78 valence electrons. The van der Waals surface area contributed by atoms with Crippen molar-refractivity contribution < 1.29 is 4.42 Å². The summed E-state index contributed by atoms with van der Waals surface area (Å²) >= 11 is 0. The summed E-state index contributed by atoms with van der Waals surface area (Å²) in [5.41, 5.74) is 0. The number of nitrogens with zero attached hydrogens (tertiary/aromatic N) is 2. The van der Waals surface area contributed by atoms with Crippen LogP contribution in [0.1, 0.15) is 36.2 Å². The first-order chi connectivity index (χ1) is 7.42. The second-order valence-corrected chi connectivity index (χ2v) is 3.99. The first kappa shape index (κ1) is 8.71. The largest absolute Gasteiger partial charge is 0.469 e.